The summed E-state index contributed by atoms with van der Waals surface area (Å²) in [6.45, 7) is 4.45. The topological polar surface area (TPSA) is 154 Å². The summed E-state index contributed by atoms with van der Waals surface area (Å²) in [7, 11) is -3.33. The van der Waals surface area contributed by atoms with Crippen molar-refractivity contribution in [3.8, 4) is 0 Å². The fraction of sp³-hybridized carbons (Fsp3) is 0.478. The molecule has 3 aromatic rings. The van der Waals surface area contributed by atoms with Crippen LogP contribution >= 0.6 is 19.3 Å². The number of aliphatic hydroxyl groups is 1. The number of imidazole rings is 1. The highest BCUT2D eigenvalue weighted by Gasteiger charge is 2.26. The number of carbonyl (C=O) groups is 1. The summed E-state index contributed by atoms with van der Waals surface area (Å²) >= 11 is 1.38. The summed E-state index contributed by atoms with van der Waals surface area (Å²) in [4.78, 5) is 24.5. The first-order valence-electron chi connectivity index (χ1n) is 11.5. The van der Waals surface area contributed by atoms with Gasteiger partial charge in [-0.15, -0.1) is 0 Å². The maximum atomic E-state index is 13.5. The number of ether oxygens (including phenoxy) is 1. The molecule has 13 heteroatoms. The minimum absolute atomic E-state index is 0.0391. The third kappa shape index (κ3) is 8.09. The predicted molar refractivity (Wildman–Crippen MR) is 141 cm³/mol. The van der Waals surface area contributed by atoms with Crippen LogP contribution in [0.25, 0.3) is 11.2 Å². The lowest BCUT2D eigenvalue weighted by molar-refractivity contribution is -0.126. The second-order valence-electron chi connectivity index (χ2n) is 8.75. The van der Waals surface area contributed by atoms with E-state index in [9.17, 15) is 14.5 Å². The standard InChI is InChI=1S/C23H33N6O5PS/c1-23(2,14-30)19(31)13-36-11-10-34-35(32,28-12-18-6-4-3-5-7-18)17-33-9-8-29-16-27-20-21(24)25-15-26-22(20)29/h3-7,15-16,30H,8-14,17H2,1-2H3,(H,28,32)(H2,24,25,26). The van der Waals surface area contributed by atoms with Crippen molar-refractivity contribution in [2.75, 3.05) is 43.4 Å². The minimum atomic E-state index is -3.33. The molecule has 0 radical (unpaired) electrons. The molecular formula is C23H33N6O5PS. The Labute approximate surface area is 214 Å². The van der Waals surface area contributed by atoms with Crippen molar-refractivity contribution in [3.05, 3.63) is 48.5 Å². The van der Waals surface area contributed by atoms with Gasteiger partial charge in [-0.2, -0.15) is 11.8 Å². The van der Waals surface area contributed by atoms with E-state index in [2.05, 4.69) is 20.0 Å². The number of ketones is 1. The van der Waals surface area contributed by atoms with Gasteiger partial charge in [0.25, 0.3) is 7.52 Å². The molecule has 2 aromatic heterocycles. The first-order chi connectivity index (χ1) is 17.2. The summed E-state index contributed by atoms with van der Waals surface area (Å²) < 4.78 is 26.8. The number of aromatic nitrogens is 4. The van der Waals surface area contributed by atoms with Crippen LogP contribution in [0.1, 0.15) is 19.4 Å². The van der Waals surface area contributed by atoms with Crippen LogP contribution in [0.2, 0.25) is 0 Å². The molecule has 1 atom stereocenters. The van der Waals surface area contributed by atoms with Crippen molar-refractivity contribution in [1.29, 1.82) is 0 Å². The fourth-order valence-electron chi connectivity index (χ4n) is 3.04. The van der Waals surface area contributed by atoms with Gasteiger partial charge in [-0.1, -0.05) is 44.2 Å². The smallest absolute Gasteiger partial charge is 0.295 e. The van der Waals surface area contributed by atoms with Crippen LogP contribution in [0.3, 0.4) is 0 Å². The van der Waals surface area contributed by atoms with Crippen molar-refractivity contribution in [3.63, 3.8) is 0 Å². The van der Waals surface area contributed by atoms with Gasteiger partial charge in [-0.05, 0) is 5.56 Å². The van der Waals surface area contributed by atoms with Crippen molar-refractivity contribution >= 4 is 42.0 Å². The third-order valence-electron chi connectivity index (χ3n) is 5.45. The highest BCUT2D eigenvalue weighted by atomic mass is 32.2. The van der Waals surface area contributed by atoms with E-state index in [0.717, 1.165) is 5.56 Å². The maximum absolute atomic E-state index is 13.5. The number of aliphatic hydroxyl groups excluding tert-OH is 1. The molecule has 0 saturated heterocycles. The number of nitrogen functional groups attached to an aromatic ring is 1. The van der Waals surface area contributed by atoms with Gasteiger partial charge < -0.3 is 24.7 Å². The minimum Gasteiger partial charge on any atom is -0.395 e. The summed E-state index contributed by atoms with van der Waals surface area (Å²) in [5.74, 6) is 0.999. The number of thioether (sulfide) groups is 1. The molecule has 0 aliphatic rings. The molecule has 0 aliphatic carbocycles. The van der Waals surface area contributed by atoms with E-state index in [1.165, 1.54) is 18.1 Å². The lowest BCUT2D eigenvalue weighted by Crippen LogP contribution is -2.30. The maximum Gasteiger partial charge on any atom is 0.295 e. The molecule has 3 rings (SSSR count). The summed E-state index contributed by atoms with van der Waals surface area (Å²) in [6.07, 6.45) is 2.87. The Kier molecular flexibility index (Phi) is 10.4. The summed E-state index contributed by atoms with van der Waals surface area (Å²) in [5.41, 5.74) is 7.14. The fourth-order valence-corrected chi connectivity index (χ4v) is 5.52. The number of anilines is 1. The Morgan fingerprint density at radius 3 is 2.75 bits per heavy atom. The number of hydrogen-bond acceptors (Lipinski definition) is 10. The molecule has 0 saturated carbocycles. The predicted octanol–water partition coefficient (Wildman–Crippen LogP) is 2.70. The molecule has 1 aromatic carbocycles. The molecule has 0 spiro atoms. The average Bonchev–Trinajstić information content (AvgIpc) is 3.30. The molecular weight excluding hydrogens is 503 g/mol. The lowest BCUT2D eigenvalue weighted by Gasteiger charge is -2.21. The van der Waals surface area contributed by atoms with E-state index in [1.807, 2.05) is 30.3 Å². The van der Waals surface area contributed by atoms with E-state index < -0.39 is 12.9 Å². The van der Waals surface area contributed by atoms with Gasteiger partial charge in [0, 0.05) is 24.3 Å². The van der Waals surface area contributed by atoms with Gasteiger partial charge in [-0.25, -0.2) is 20.0 Å². The van der Waals surface area contributed by atoms with Gasteiger partial charge in [0.15, 0.2) is 17.2 Å². The first-order valence-corrected chi connectivity index (χ1v) is 14.4. The van der Waals surface area contributed by atoms with Crippen LogP contribution in [-0.2, 0) is 31.7 Å². The van der Waals surface area contributed by atoms with Crippen LogP contribution < -0.4 is 10.8 Å². The quantitative estimate of drug-likeness (QED) is 0.183. The number of fused-ring (bicyclic) bond motifs is 1. The Hall–Kier alpha value is -2.34. The number of benzene rings is 1. The van der Waals surface area contributed by atoms with E-state index in [1.54, 1.807) is 24.7 Å². The van der Waals surface area contributed by atoms with E-state index in [0.29, 0.717) is 35.8 Å². The van der Waals surface area contributed by atoms with Crippen LogP contribution in [0.4, 0.5) is 5.82 Å². The summed E-state index contributed by atoms with van der Waals surface area (Å²) in [5, 5.41) is 12.3. The zero-order valence-electron chi connectivity index (χ0n) is 20.5. The SMILES string of the molecule is CC(C)(CO)C(=O)CSCCOP(=O)(COCCn1cnc2c(N)ncnc21)NCc1ccccc1. The average molecular weight is 537 g/mol. The molecule has 0 aliphatic heterocycles. The largest absolute Gasteiger partial charge is 0.395 e. The van der Waals surface area contributed by atoms with Gasteiger partial charge in [0.1, 0.15) is 18.2 Å². The summed E-state index contributed by atoms with van der Waals surface area (Å²) in [6, 6.07) is 9.59. The van der Waals surface area contributed by atoms with Gasteiger partial charge >= 0.3 is 0 Å². The number of rotatable bonds is 16. The molecule has 36 heavy (non-hydrogen) atoms. The van der Waals surface area contributed by atoms with Gasteiger partial charge in [0.2, 0.25) is 0 Å². The van der Waals surface area contributed by atoms with E-state index >= 15 is 0 Å². The molecule has 11 nitrogen and oxygen atoms in total. The second-order valence-corrected chi connectivity index (χ2v) is 12.0. The highest BCUT2D eigenvalue weighted by Crippen LogP contribution is 2.42. The van der Waals surface area contributed by atoms with Crippen molar-refractivity contribution < 1.29 is 23.7 Å². The van der Waals surface area contributed by atoms with Crippen molar-refractivity contribution in [2.45, 2.75) is 26.9 Å². The molecule has 4 N–H and O–H groups in total. The Morgan fingerprint density at radius 2 is 2.00 bits per heavy atom. The number of nitrogens with two attached hydrogens (primary N) is 1. The third-order valence-corrected chi connectivity index (χ3v) is 8.13. The molecule has 0 amide bonds. The van der Waals surface area contributed by atoms with Gasteiger partial charge in [-0.3, -0.25) is 9.36 Å². The van der Waals surface area contributed by atoms with Crippen LogP contribution in [0.15, 0.2) is 43.0 Å². The van der Waals surface area contributed by atoms with Crippen molar-refractivity contribution in [2.24, 2.45) is 5.41 Å². The van der Waals surface area contributed by atoms with E-state index in [-0.39, 0.29) is 37.7 Å². The van der Waals surface area contributed by atoms with Gasteiger partial charge in [0.05, 0.1) is 31.9 Å². The molecule has 0 fully saturated rings. The van der Waals surface area contributed by atoms with Crippen molar-refractivity contribution in [1.82, 2.24) is 24.6 Å². The van der Waals surface area contributed by atoms with Crippen LogP contribution in [0.5, 0.6) is 0 Å². The number of Topliss-reactive ketones (excluding diaryl/α,β-unsaturated/α-hetero) is 1. The normalized spacial score (nSPS) is 13.6. The number of carbonyl (C=O) groups excluding carboxylic acids is 1. The number of nitrogens with zero attached hydrogens (tertiary/aromatic N) is 4. The molecule has 1 unspecified atom stereocenters. The molecule has 2 heterocycles. The zero-order valence-corrected chi connectivity index (χ0v) is 22.2. The Morgan fingerprint density at radius 1 is 1.22 bits per heavy atom. The molecule has 0 bridgehead atoms. The number of hydrogen-bond donors (Lipinski definition) is 3. The van der Waals surface area contributed by atoms with Crippen LogP contribution in [0, 0.1) is 5.41 Å². The van der Waals surface area contributed by atoms with E-state index in [4.69, 9.17) is 15.0 Å². The Balaban J connectivity index is 1.51. The first kappa shape index (κ1) is 28.2. The highest BCUT2D eigenvalue weighted by molar-refractivity contribution is 7.99. The monoisotopic (exact) mass is 536 g/mol. The number of nitrogens with one attached hydrogen (secondary N) is 1. The molecule has 196 valence electrons. The lowest BCUT2D eigenvalue weighted by atomic mass is 9.90. The Bertz CT molecular complexity index is 1180. The van der Waals surface area contributed by atoms with Crippen LogP contribution in [-0.4, -0.2) is 68.1 Å². The zero-order chi connectivity index (χ0) is 26.0. The second kappa shape index (κ2) is 13.3.